The second kappa shape index (κ2) is 13.2. The van der Waals surface area contributed by atoms with Gasteiger partial charge in [-0.05, 0) is 42.8 Å². The molecule has 6 nitrogen and oxygen atoms in total. The van der Waals surface area contributed by atoms with Crippen LogP contribution in [0.2, 0.25) is 0 Å². The molecule has 2 aromatic carbocycles. The van der Waals surface area contributed by atoms with Crippen LogP contribution >= 0.6 is 0 Å². The monoisotopic (exact) mass is 374 g/mol. The highest BCUT2D eigenvalue weighted by Crippen LogP contribution is 2.28. The fraction of sp³-hybridized carbons (Fsp3) is 0.333. The van der Waals surface area contributed by atoms with Crippen molar-refractivity contribution in [3.8, 4) is 11.5 Å². The van der Waals surface area contributed by atoms with Gasteiger partial charge in [0.2, 0.25) is 0 Å². The van der Waals surface area contributed by atoms with Crippen molar-refractivity contribution in [3.05, 3.63) is 53.6 Å². The van der Waals surface area contributed by atoms with Crippen LogP contribution in [0.1, 0.15) is 50.5 Å². The number of carbonyl (C=O) groups is 2. The summed E-state index contributed by atoms with van der Waals surface area (Å²) in [5, 5.41) is 11.5. The van der Waals surface area contributed by atoms with Gasteiger partial charge in [-0.1, -0.05) is 39.8 Å². The third-order valence-corrected chi connectivity index (χ3v) is 3.09. The Bertz CT molecular complexity index is 730. The SMILES string of the molecule is CC.CC.CCNC(=O)c1ccc(Oc2cccc(CC(=O)O)c2)c(N)c1. The van der Waals surface area contributed by atoms with Crippen molar-refractivity contribution >= 4 is 17.6 Å². The van der Waals surface area contributed by atoms with Gasteiger partial charge in [-0.25, -0.2) is 0 Å². The average Bonchev–Trinajstić information content (AvgIpc) is 2.66. The van der Waals surface area contributed by atoms with Crippen molar-refractivity contribution in [2.75, 3.05) is 12.3 Å². The second-order valence-corrected chi connectivity index (χ2v) is 4.93. The topological polar surface area (TPSA) is 102 Å². The van der Waals surface area contributed by atoms with Gasteiger partial charge in [0, 0.05) is 12.1 Å². The highest BCUT2D eigenvalue weighted by molar-refractivity contribution is 5.95. The Labute approximate surface area is 161 Å². The number of nitrogens with two attached hydrogens (primary N) is 1. The molecule has 6 heteroatoms. The van der Waals surface area contributed by atoms with Gasteiger partial charge in [-0.2, -0.15) is 0 Å². The van der Waals surface area contributed by atoms with Crippen LogP contribution in [0.4, 0.5) is 5.69 Å². The Morgan fingerprint density at radius 3 is 2.30 bits per heavy atom. The van der Waals surface area contributed by atoms with Crippen LogP contribution in [-0.4, -0.2) is 23.5 Å². The van der Waals surface area contributed by atoms with E-state index in [1.165, 1.54) is 0 Å². The van der Waals surface area contributed by atoms with Gasteiger partial charge >= 0.3 is 5.97 Å². The van der Waals surface area contributed by atoms with Gasteiger partial charge in [0.05, 0.1) is 12.1 Å². The Hall–Kier alpha value is -3.02. The third kappa shape index (κ3) is 8.27. The van der Waals surface area contributed by atoms with E-state index >= 15 is 0 Å². The van der Waals surface area contributed by atoms with Crippen molar-refractivity contribution < 1.29 is 19.4 Å². The van der Waals surface area contributed by atoms with Gasteiger partial charge < -0.3 is 20.9 Å². The lowest BCUT2D eigenvalue weighted by Gasteiger charge is -2.11. The number of nitrogens with one attached hydrogen (secondary N) is 1. The minimum absolute atomic E-state index is 0.0805. The lowest BCUT2D eigenvalue weighted by molar-refractivity contribution is -0.136. The summed E-state index contributed by atoms with van der Waals surface area (Å²) in [5.74, 6) is -0.214. The first-order chi connectivity index (χ1) is 13.0. The number of aliphatic carboxylic acids is 1. The van der Waals surface area contributed by atoms with E-state index in [1.807, 2.05) is 34.6 Å². The van der Waals surface area contributed by atoms with Crippen LogP contribution in [0.15, 0.2) is 42.5 Å². The van der Waals surface area contributed by atoms with Crippen LogP contribution < -0.4 is 15.8 Å². The average molecular weight is 374 g/mol. The lowest BCUT2D eigenvalue weighted by Crippen LogP contribution is -2.22. The molecule has 0 aliphatic carbocycles. The molecule has 0 fully saturated rings. The maximum atomic E-state index is 11.8. The molecule has 2 rings (SSSR count). The molecule has 2 aromatic rings. The zero-order valence-corrected chi connectivity index (χ0v) is 16.7. The van der Waals surface area contributed by atoms with Crippen LogP contribution in [0.5, 0.6) is 11.5 Å². The summed E-state index contributed by atoms with van der Waals surface area (Å²) in [7, 11) is 0. The van der Waals surface area contributed by atoms with E-state index in [-0.39, 0.29) is 12.3 Å². The van der Waals surface area contributed by atoms with E-state index < -0.39 is 5.97 Å². The molecule has 0 spiro atoms. The van der Waals surface area contributed by atoms with Gasteiger partial charge in [-0.15, -0.1) is 0 Å². The van der Waals surface area contributed by atoms with E-state index in [0.717, 1.165) is 0 Å². The van der Waals surface area contributed by atoms with Gasteiger partial charge in [0.15, 0.2) is 0 Å². The summed E-state index contributed by atoms with van der Waals surface area (Å²) >= 11 is 0. The standard InChI is InChI=1S/C17H18N2O4.2C2H6/c1-2-19-17(22)12-6-7-15(14(18)10-12)23-13-5-3-4-11(8-13)9-16(20)21;2*1-2/h3-8,10H,2,9,18H2,1H3,(H,19,22)(H,20,21);2*1-2H3. The fourth-order valence-electron chi connectivity index (χ4n) is 2.07. The summed E-state index contributed by atoms with van der Waals surface area (Å²) in [6.07, 6.45) is -0.0805. The fourth-order valence-corrected chi connectivity index (χ4v) is 2.07. The first-order valence-electron chi connectivity index (χ1n) is 9.16. The lowest BCUT2D eigenvalue weighted by atomic mass is 10.1. The van der Waals surface area contributed by atoms with Gasteiger partial charge in [0.25, 0.3) is 5.91 Å². The molecule has 27 heavy (non-hydrogen) atoms. The minimum Gasteiger partial charge on any atom is -0.481 e. The van der Waals surface area contributed by atoms with Crippen molar-refractivity contribution in [2.45, 2.75) is 41.0 Å². The van der Waals surface area contributed by atoms with Crippen LogP contribution in [-0.2, 0) is 11.2 Å². The van der Waals surface area contributed by atoms with Crippen LogP contribution in [0, 0.1) is 0 Å². The number of carbonyl (C=O) groups excluding carboxylic acids is 1. The first kappa shape index (κ1) is 24.0. The van der Waals surface area contributed by atoms with E-state index in [1.54, 1.807) is 42.5 Å². The molecule has 0 unspecified atom stereocenters. The molecule has 0 saturated carbocycles. The zero-order chi connectivity index (χ0) is 20.8. The maximum Gasteiger partial charge on any atom is 0.307 e. The van der Waals surface area contributed by atoms with Crippen molar-refractivity contribution in [1.82, 2.24) is 5.32 Å². The number of amides is 1. The minimum atomic E-state index is -0.909. The van der Waals surface area contributed by atoms with E-state index in [2.05, 4.69) is 5.32 Å². The number of carboxylic acids is 1. The van der Waals surface area contributed by atoms with Gasteiger partial charge in [0.1, 0.15) is 11.5 Å². The van der Waals surface area contributed by atoms with E-state index in [0.29, 0.717) is 34.9 Å². The molecular weight excluding hydrogens is 344 g/mol. The number of rotatable bonds is 6. The predicted molar refractivity (Wildman–Crippen MR) is 109 cm³/mol. The highest BCUT2D eigenvalue weighted by Gasteiger charge is 2.09. The first-order valence-corrected chi connectivity index (χ1v) is 9.16. The summed E-state index contributed by atoms with van der Waals surface area (Å²) < 4.78 is 5.68. The molecule has 0 aliphatic rings. The number of ether oxygens (including phenoxy) is 1. The Kier molecular flexibility index (Phi) is 11.7. The molecule has 0 aliphatic heterocycles. The van der Waals surface area contributed by atoms with Crippen molar-refractivity contribution in [2.24, 2.45) is 0 Å². The molecule has 0 bridgehead atoms. The largest absolute Gasteiger partial charge is 0.481 e. The van der Waals surface area contributed by atoms with E-state index in [9.17, 15) is 9.59 Å². The van der Waals surface area contributed by atoms with Crippen LogP contribution in [0.3, 0.4) is 0 Å². The van der Waals surface area contributed by atoms with E-state index in [4.69, 9.17) is 15.6 Å². The number of hydrogen-bond acceptors (Lipinski definition) is 4. The Morgan fingerprint density at radius 1 is 1.07 bits per heavy atom. The molecular formula is C21H30N2O4. The molecule has 148 valence electrons. The molecule has 0 heterocycles. The third-order valence-electron chi connectivity index (χ3n) is 3.09. The van der Waals surface area contributed by atoms with Crippen LogP contribution in [0.25, 0.3) is 0 Å². The summed E-state index contributed by atoms with van der Waals surface area (Å²) in [5.41, 5.74) is 7.34. The van der Waals surface area contributed by atoms with Crippen molar-refractivity contribution in [1.29, 1.82) is 0 Å². The quantitative estimate of drug-likeness (QED) is 0.647. The van der Waals surface area contributed by atoms with Gasteiger partial charge in [-0.3, -0.25) is 9.59 Å². The number of benzene rings is 2. The molecule has 0 radical (unpaired) electrons. The molecule has 0 atom stereocenters. The summed E-state index contributed by atoms with van der Waals surface area (Å²) in [4.78, 5) is 22.5. The Balaban J connectivity index is 0.00000158. The predicted octanol–water partition coefficient (Wildman–Crippen LogP) is 4.49. The number of hydrogen-bond donors (Lipinski definition) is 3. The molecule has 4 N–H and O–H groups in total. The maximum absolute atomic E-state index is 11.8. The molecule has 0 aromatic heterocycles. The Morgan fingerprint density at radius 2 is 1.74 bits per heavy atom. The summed E-state index contributed by atoms with van der Waals surface area (Å²) in [6, 6.07) is 11.6. The number of anilines is 1. The van der Waals surface area contributed by atoms with Crippen molar-refractivity contribution in [3.63, 3.8) is 0 Å². The number of carboxylic acid groups (broad SMARTS) is 1. The second-order valence-electron chi connectivity index (χ2n) is 4.93. The normalized spacial score (nSPS) is 9.07. The zero-order valence-electron chi connectivity index (χ0n) is 16.7. The number of nitrogen functional groups attached to an aromatic ring is 1. The highest BCUT2D eigenvalue weighted by atomic mass is 16.5. The smallest absolute Gasteiger partial charge is 0.307 e. The summed E-state index contributed by atoms with van der Waals surface area (Å²) in [6.45, 7) is 10.4. The molecule has 0 saturated heterocycles. The molecule has 1 amide bonds.